The average Bonchev–Trinajstić information content (AvgIpc) is 2.46. The fourth-order valence-corrected chi connectivity index (χ4v) is 2.25. The van der Waals surface area contributed by atoms with Crippen LogP contribution in [0.5, 0.6) is 0 Å². The minimum absolute atomic E-state index is 0.0743. The third-order valence-corrected chi connectivity index (χ3v) is 3.32. The van der Waals surface area contributed by atoms with Crippen LogP contribution in [0, 0.1) is 0 Å². The van der Waals surface area contributed by atoms with Crippen molar-refractivity contribution in [3.8, 4) is 0 Å². The molecule has 2 atom stereocenters. The van der Waals surface area contributed by atoms with E-state index in [1.807, 2.05) is 18.2 Å². The van der Waals surface area contributed by atoms with Gasteiger partial charge in [0.25, 0.3) is 0 Å². The molecule has 0 saturated carbocycles. The van der Waals surface area contributed by atoms with E-state index >= 15 is 0 Å². The van der Waals surface area contributed by atoms with E-state index in [0.29, 0.717) is 10.9 Å². The molecule has 0 radical (unpaired) electrons. The van der Waals surface area contributed by atoms with Gasteiger partial charge in [0.05, 0.1) is 6.61 Å². The number of halogens is 1. The highest BCUT2D eigenvalue weighted by atomic mass is 19.1. The first-order valence-electron chi connectivity index (χ1n) is 6.49. The van der Waals surface area contributed by atoms with Crippen LogP contribution in [0.3, 0.4) is 0 Å². The minimum atomic E-state index is -2.13. The predicted octanol–water partition coefficient (Wildman–Crippen LogP) is 2.95. The molecule has 0 aromatic heterocycles. The van der Waals surface area contributed by atoms with Crippen LogP contribution >= 0.6 is 0 Å². The number of rotatable bonds is 4. The SMILES string of the molecule is CCOC(=O)C(F)C(C)(O)c1cccc2ccccc12. The molecule has 2 unspecified atom stereocenters. The largest absolute Gasteiger partial charge is 0.464 e. The van der Waals surface area contributed by atoms with E-state index in [9.17, 15) is 14.3 Å². The van der Waals surface area contributed by atoms with Crippen molar-refractivity contribution >= 4 is 16.7 Å². The van der Waals surface area contributed by atoms with E-state index in [4.69, 9.17) is 0 Å². The highest BCUT2D eigenvalue weighted by molar-refractivity contribution is 5.87. The van der Waals surface area contributed by atoms with E-state index in [-0.39, 0.29) is 6.61 Å². The molecule has 1 N–H and O–H groups in total. The molecule has 4 heteroatoms. The van der Waals surface area contributed by atoms with E-state index in [2.05, 4.69) is 4.74 Å². The van der Waals surface area contributed by atoms with Crippen molar-refractivity contribution in [2.75, 3.05) is 6.61 Å². The summed E-state index contributed by atoms with van der Waals surface area (Å²) in [6.45, 7) is 2.96. The first-order valence-corrected chi connectivity index (χ1v) is 6.49. The maximum atomic E-state index is 14.3. The average molecular weight is 276 g/mol. The van der Waals surface area contributed by atoms with Crippen LogP contribution in [0.4, 0.5) is 4.39 Å². The van der Waals surface area contributed by atoms with Crippen LogP contribution in [0.25, 0.3) is 10.8 Å². The molecule has 0 saturated heterocycles. The summed E-state index contributed by atoms with van der Waals surface area (Å²) in [6, 6.07) is 12.5. The molecule has 0 aliphatic carbocycles. The molecule has 0 spiro atoms. The zero-order valence-electron chi connectivity index (χ0n) is 11.5. The number of esters is 1. The van der Waals surface area contributed by atoms with Gasteiger partial charge in [-0.1, -0.05) is 42.5 Å². The van der Waals surface area contributed by atoms with Gasteiger partial charge in [0.1, 0.15) is 5.60 Å². The van der Waals surface area contributed by atoms with Crippen molar-refractivity contribution in [3.63, 3.8) is 0 Å². The number of ether oxygens (including phenoxy) is 1. The van der Waals surface area contributed by atoms with Gasteiger partial charge in [0.2, 0.25) is 6.17 Å². The smallest absolute Gasteiger partial charge is 0.344 e. The molecule has 3 nitrogen and oxygen atoms in total. The molecule has 0 bridgehead atoms. The van der Waals surface area contributed by atoms with Gasteiger partial charge in [-0.2, -0.15) is 0 Å². The molecule has 106 valence electrons. The van der Waals surface area contributed by atoms with Crippen LogP contribution < -0.4 is 0 Å². The lowest BCUT2D eigenvalue weighted by Crippen LogP contribution is -2.40. The van der Waals surface area contributed by atoms with Gasteiger partial charge in [0, 0.05) is 0 Å². The Balaban J connectivity index is 2.48. The summed E-state index contributed by atoms with van der Waals surface area (Å²) < 4.78 is 18.9. The highest BCUT2D eigenvalue weighted by Crippen LogP contribution is 2.33. The van der Waals surface area contributed by atoms with Crippen LogP contribution in [-0.4, -0.2) is 23.9 Å². The van der Waals surface area contributed by atoms with E-state index in [1.165, 1.54) is 6.92 Å². The molecule has 20 heavy (non-hydrogen) atoms. The van der Waals surface area contributed by atoms with Gasteiger partial charge in [0.15, 0.2) is 0 Å². The third-order valence-electron chi connectivity index (χ3n) is 3.32. The summed E-state index contributed by atoms with van der Waals surface area (Å²) in [6.07, 6.45) is -2.13. The monoisotopic (exact) mass is 276 g/mol. The second kappa shape index (κ2) is 5.59. The zero-order chi connectivity index (χ0) is 14.8. The lowest BCUT2D eigenvalue weighted by atomic mass is 9.87. The summed E-state index contributed by atoms with van der Waals surface area (Å²) in [5.74, 6) is -1.05. The van der Waals surface area contributed by atoms with Crippen LogP contribution in [-0.2, 0) is 15.1 Å². The molecule has 2 rings (SSSR count). The normalized spacial score (nSPS) is 15.6. The van der Waals surface area contributed by atoms with Gasteiger partial charge < -0.3 is 9.84 Å². The Morgan fingerprint density at radius 2 is 1.95 bits per heavy atom. The second-order valence-corrected chi connectivity index (χ2v) is 4.79. The lowest BCUT2D eigenvalue weighted by molar-refractivity contribution is -0.160. The number of hydrogen-bond donors (Lipinski definition) is 1. The first kappa shape index (κ1) is 14.5. The maximum Gasteiger partial charge on any atom is 0.344 e. The second-order valence-electron chi connectivity index (χ2n) is 4.79. The van der Waals surface area contributed by atoms with Crippen LogP contribution in [0.2, 0.25) is 0 Å². The number of carbonyl (C=O) groups excluding carboxylic acids is 1. The zero-order valence-corrected chi connectivity index (χ0v) is 11.5. The highest BCUT2D eigenvalue weighted by Gasteiger charge is 2.41. The molecule has 0 heterocycles. The van der Waals surface area contributed by atoms with Crippen molar-refractivity contribution < 1.29 is 19.0 Å². The molecule has 0 fully saturated rings. The topological polar surface area (TPSA) is 46.5 Å². The fourth-order valence-electron chi connectivity index (χ4n) is 2.25. The quantitative estimate of drug-likeness (QED) is 0.873. The standard InChI is InChI=1S/C16H17FO3/c1-3-20-15(18)14(17)16(2,19)13-10-6-8-11-7-4-5-9-12(11)13/h4-10,14,19H,3H2,1-2H3. The Morgan fingerprint density at radius 3 is 2.65 bits per heavy atom. The molecule has 0 amide bonds. The van der Waals surface area contributed by atoms with Gasteiger partial charge in [-0.05, 0) is 30.2 Å². The maximum absolute atomic E-state index is 14.3. The Bertz CT molecular complexity index is 617. The van der Waals surface area contributed by atoms with Gasteiger partial charge >= 0.3 is 5.97 Å². The molecule has 2 aromatic carbocycles. The summed E-state index contributed by atoms with van der Waals surface area (Å²) in [5.41, 5.74) is -1.57. The van der Waals surface area contributed by atoms with Gasteiger partial charge in [-0.3, -0.25) is 0 Å². The van der Waals surface area contributed by atoms with E-state index in [1.54, 1.807) is 31.2 Å². The minimum Gasteiger partial charge on any atom is -0.464 e. The lowest BCUT2D eigenvalue weighted by Gasteiger charge is -2.27. The van der Waals surface area contributed by atoms with Crippen molar-refractivity contribution in [1.82, 2.24) is 0 Å². The summed E-state index contributed by atoms with van der Waals surface area (Å²) in [4.78, 5) is 11.5. The number of fused-ring (bicyclic) bond motifs is 1. The van der Waals surface area contributed by atoms with E-state index < -0.39 is 17.7 Å². The Hall–Kier alpha value is -1.94. The molecule has 0 aliphatic rings. The number of benzene rings is 2. The van der Waals surface area contributed by atoms with Crippen molar-refractivity contribution in [2.45, 2.75) is 25.6 Å². The van der Waals surface area contributed by atoms with Crippen LogP contribution in [0.1, 0.15) is 19.4 Å². The Morgan fingerprint density at radius 1 is 1.30 bits per heavy atom. The molecular weight excluding hydrogens is 259 g/mol. The Labute approximate surface area is 117 Å². The molecule has 2 aromatic rings. The fraction of sp³-hybridized carbons (Fsp3) is 0.312. The van der Waals surface area contributed by atoms with Crippen molar-refractivity contribution in [3.05, 3.63) is 48.0 Å². The van der Waals surface area contributed by atoms with Gasteiger partial charge in [-0.25, -0.2) is 9.18 Å². The van der Waals surface area contributed by atoms with Gasteiger partial charge in [-0.15, -0.1) is 0 Å². The summed E-state index contributed by atoms with van der Waals surface area (Å²) >= 11 is 0. The number of carbonyl (C=O) groups is 1. The molecule has 0 aliphatic heterocycles. The van der Waals surface area contributed by atoms with Crippen molar-refractivity contribution in [1.29, 1.82) is 0 Å². The number of aliphatic hydroxyl groups is 1. The summed E-state index contributed by atoms with van der Waals surface area (Å²) in [7, 11) is 0. The number of alkyl halides is 1. The predicted molar refractivity (Wildman–Crippen MR) is 75.0 cm³/mol. The van der Waals surface area contributed by atoms with Crippen molar-refractivity contribution in [2.24, 2.45) is 0 Å². The number of hydrogen-bond acceptors (Lipinski definition) is 3. The third kappa shape index (κ3) is 2.51. The first-order chi connectivity index (χ1) is 9.48. The molecular formula is C16H17FO3. The van der Waals surface area contributed by atoms with E-state index in [0.717, 1.165) is 5.39 Å². The van der Waals surface area contributed by atoms with Crippen LogP contribution in [0.15, 0.2) is 42.5 Å². The Kier molecular flexibility index (Phi) is 4.04. The summed E-state index contributed by atoms with van der Waals surface area (Å²) in [5, 5.41) is 12.1.